The van der Waals surface area contributed by atoms with Gasteiger partial charge in [0.25, 0.3) is 0 Å². The lowest BCUT2D eigenvalue weighted by Crippen LogP contribution is -2.22. The van der Waals surface area contributed by atoms with E-state index < -0.39 is 0 Å². The Hall–Kier alpha value is -6.28. The van der Waals surface area contributed by atoms with Gasteiger partial charge in [0.1, 0.15) is 18.3 Å². The normalized spacial score (nSPS) is 16.5. The molecule has 0 N–H and O–H groups in total. The van der Waals surface area contributed by atoms with Crippen LogP contribution in [0.3, 0.4) is 0 Å². The first-order valence-corrected chi connectivity index (χ1v) is 17.2. The fourth-order valence-electron chi connectivity index (χ4n) is 8.24. The Morgan fingerprint density at radius 1 is 0.480 bits per heavy atom. The quantitative estimate of drug-likeness (QED) is 0.185. The summed E-state index contributed by atoms with van der Waals surface area (Å²) in [4.78, 5) is 26.8. The number of nitrogens with zero attached hydrogens (tertiary/aromatic N) is 8. The Kier molecular flexibility index (Phi) is 6.72. The third-order valence-electron chi connectivity index (χ3n) is 10.4. The zero-order valence-electron chi connectivity index (χ0n) is 27.3. The molecule has 10 rings (SSSR count). The number of para-hydroxylation sites is 1. The van der Waals surface area contributed by atoms with Crippen LogP contribution in [0, 0.1) is 0 Å². The van der Waals surface area contributed by atoms with Gasteiger partial charge in [-0.1, -0.05) is 48.5 Å². The van der Waals surface area contributed by atoms with Crippen molar-refractivity contribution in [2.45, 2.75) is 37.8 Å². The number of hydrogen-bond donors (Lipinski definition) is 0. The molecular weight excluding hydrogens is 617 g/mol. The predicted octanol–water partition coefficient (Wildman–Crippen LogP) is 9.63. The maximum atomic E-state index is 5.06. The van der Waals surface area contributed by atoms with E-state index in [1.807, 2.05) is 37.1 Å². The van der Waals surface area contributed by atoms with E-state index in [2.05, 4.69) is 119 Å². The number of pyridine rings is 3. The van der Waals surface area contributed by atoms with Crippen LogP contribution >= 0.6 is 0 Å². The van der Waals surface area contributed by atoms with Crippen molar-refractivity contribution in [1.82, 2.24) is 39.0 Å². The number of benzene rings is 3. The van der Waals surface area contributed by atoms with Gasteiger partial charge in [-0.05, 0) is 84.8 Å². The summed E-state index contributed by atoms with van der Waals surface area (Å²) in [6.45, 7) is 0. The Morgan fingerprint density at radius 2 is 1.22 bits per heavy atom. The fourth-order valence-corrected chi connectivity index (χ4v) is 8.24. The highest BCUT2D eigenvalue weighted by atomic mass is 15.1. The van der Waals surface area contributed by atoms with Gasteiger partial charge in [-0.3, -0.25) is 9.97 Å². The van der Waals surface area contributed by atoms with Crippen molar-refractivity contribution in [2.24, 2.45) is 0 Å². The van der Waals surface area contributed by atoms with Crippen molar-refractivity contribution in [3.8, 4) is 33.6 Å². The first-order chi connectivity index (χ1) is 24.8. The van der Waals surface area contributed by atoms with Gasteiger partial charge < -0.3 is 9.13 Å². The molecule has 0 spiro atoms. The van der Waals surface area contributed by atoms with Gasteiger partial charge in [-0.15, -0.1) is 0 Å². The van der Waals surface area contributed by atoms with Gasteiger partial charge in [0, 0.05) is 75.1 Å². The molecule has 0 bridgehead atoms. The van der Waals surface area contributed by atoms with Gasteiger partial charge in [0.15, 0.2) is 5.82 Å². The molecule has 2 unspecified atom stereocenters. The van der Waals surface area contributed by atoms with Gasteiger partial charge in [0.2, 0.25) is 0 Å². The minimum atomic E-state index is 0.297. The molecular formula is C42H32N8. The van der Waals surface area contributed by atoms with Crippen LogP contribution in [0.15, 0.2) is 135 Å². The standard InChI is InChI=1S/C42H32N8/c1-2-12-38-34(11-1)37-20-31(41-47-25-45-26-48-41)23-46-42(37)50(38)33-10-4-9-32(21-33)49-39-14-13-29(19-36(39)35-15-17-44-24-40(35)49)27-6-3-7-28(18-27)30-8-5-16-43-22-30/h1-3,5-8,11-20,22-26,32-33H,4,9-10,21H2. The Balaban J connectivity index is 1.06. The lowest BCUT2D eigenvalue weighted by molar-refractivity contribution is 0.283. The van der Waals surface area contributed by atoms with Crippen molar-refractivity contribution in [2.75, 3.05) is 0 Å². The molecule has 240 valence electrons. The Morgan fingerprint density at radius 3 is 2.10 bits per heavy atom. The minimum absolute atomic E-state index is 0.297. The van der Waals surface area contributed by atoms with Gasteiger partial charge in [0.05, 0.1) is 17.2 Å². The van der Waals surface area contributed by atoms with Crippen LogP contribution in [-0.2, 0) is 0 Å². The van der Waals surface area contributed by atoms with Crippen LogP contribution in [0.4, 0.5) is 0 Å². The lowest BCUT2D eigenvalue weighted by Gasteiger charge is -2.33. The second-order valence-electron chi connectivity index (χ2n) is 13.2. The highest BCUT2D eigenvalue weighted by Gasteiger charge is 2.29. The van der Waals surface area contributed by atoms with Crippen LogP contribution < -0.4 is 0 Å². The van der Waals surface area contributed by atoms with Crippen LogP contribution in [-0.4, -0.2) is 39.0 Å². The second-order valence-corrected chi connectivity index (χ2v) is 13.2. The maximum absolute atomic E-state index is 5.06. The molecule has 3 aromatic carbocycles. The van der Waals surface area contributed by atoms with Gasteiger partial charge in [-0.2, -0.15) is 0 Å². The number of fused-ring (bicyclic) bond motifs is 6. The Bertz CT molecular complexity index is 2680. The first kappa shape index (κ1) is 28.7. The molecule has 0 amide bonds. The molecule has 1 fully saturated rings. The average molecular weight is 649 g/mol. The number of hydrogen-bond acceptors (Lipinski definition) is 6. The van der Waals surface area contributed by atoms with E-state index >= 15 is 0 Å². The summed E-state index contributed by atoms with van der Waals surface area (Å²) >= 11 is 0. The van der Waals surface area contributed by atoms with Crippen molar-refractivity contribution in [3.05, 3.63) is 135 Å². The third kappa shape index (κ3) is 4.67. The van der Waals surface area contributed by atoms with Crippen molar-refractivity contribution in [3.63, 3.8) is 0 Å². The third-order valence-corrected chi connectivity index (χ3v) is 10.4. The molecule has 6 aromatic heterocycles. The minimum Gasteiger partial charge on any atom is -0.336 e. The molecule has 0 saturated heterocycles. The smallest absolute Gasteiger partial charge is 0.164 e. The Labute approximate surface area is 288 Å². The van der Waals surface area contributed by atoms with Gasteiger partial charge >= 0.3 is 0 Å². The van der Waals surface area contributed by atoms with Crippen molar-refractivity contribution in [1.29, 1.82) is 0 Å². The number of rotatable bonds is 5. The largest absolute Gasteiger partial charge is 0.336 e. The molecule has 1 aliphatic rings. The highest BCUT2D eigenvalue weighted by molar-refractivity contribution is 6.09. The van der Waals surface area contributed by atoms with Crippen molar-refractivity contribution >= 4 is 43.7 Å². The summed E-state index contributed by atoms with van der Waals surface area (Å²) in [5.41, 5.74) is 10.2. The SMILES string of the molecule is c1cncc(-c2cccc(-c3ccc4c(c3)c3ccncc3n4C3CCCC(n4c5ccccc5c5cc(-c6ncncn6)cnc54)C3)c2)c1. The molecule has 2 atom stereocenters. The molecule has 8 heteroatoms. The van der Waals surface area contributed by atoms with E-state index in [0.717, 1.165) is 53.4 Å². The lowest BCUT2D eigenvalue weighted by atomic mass is 9.90. The second kappa shape index (κ2) is 11.7. The van der Waals surface area contributed by atoms with E-state index in [-0.39, 0.29) is 0 Å². The zero-order chi connectivity index (χ0) is 33.0. The zero-order valence-corrected chi connectivity index (χ0v) is 27.3. The van der Waals surface area contributed by atoms with Crippen LogP contribution in [0.1, 0.15) is 37.8 Å². The summed E-state index contributed by atoms with van der Waals surface area (Å²) in [6, 6.07) is 33.4. The van der Waals surface area contributed by atoms with Crippen LogP contribution in [0.2, 0.25) is 0 Å². The molecule has 0 radical (unpaired) electrons. The molecule has 9 aromatic rings. The van der Waals surface area contributed by atoms with Crippen molar-refractivity contribution < 1.29 is 0 Å². The summed E-state index contributed by atoms with van der Waals surface area (Å²) in [6.07, 6.45) is 17.0. The summed E-state index contributed by atoms with van der Waals surface area (Å²) in [7, 11) is 0. The first-order valence-electron chi connectivity index (χ1n) is 17.2. The topological polar surface area (TPSA) is 87.2 Å². The average Bonchev–Trinajstić information content (AvgIpc) is 3.71. The predicted molar refractivity (Wildman–Crippen MR) is 199 cm³/mol. The van der Waals surface area contributed by atoms with E-state index in [9.17, 15) is 0 Å². The van der Waals surface area contributed by atoms with E-state index in [4.69, 9.17) is 4.98 Å². The van der Waals surface area contributed by atoms with E-state index in [0.29, 0.717) is 17.9 Å². The molecule has 6 heterocycles. The van der Waals surface area contributed by atoms with Gasteiger partial charge in [-0.25, -0.2) is 19.9 Å². The summed E-state index contributed by atoms with van der Waals surface area (Å²) in [5, 5.41) is 4.83. The van der Waals surface area contributed by atoms with Crippen LogP contribution in [0.25, 0.3) is 77.4 Å². The monoisotopic (exact) mass is 648 g/mol. The maximum Gasteiger partial charge on any atom is 0.164 e. The van der Waals surface area contributed by atoms with E-state index in [1.54, 1.807) is 0 Å². The fraction of sp³-hybridized carbons (Fsp3) is 0.143. The highest BCUT2D eigenvalue weighted by Crippen LogP contribution is 2.44. The molecule has 8 nitrogen and oxygen atoms in total. The summed E-state index contributed by atoms with van der Waals surface area (Å²) < 4.78 is 5.06. The van der Waals surface area contributed by atoms with E-state index in [1.165, 1.54) is 56.5 Å². The molecule has 50 heavy (non-hydrogen) atoms. The number of aromatic nitrogens is 8. The molecule has 1 saturated carbocycles. The van der Waals surface area contributed by atoms with Crippen LogP contribution in [0.5, 0.6) is 0 Å². The molecule has 0 aliphatic heterocycles. The summed E-state index contributed by atoms with van der Waals surface area (Å²) in [5.74, 6) is 0.633. The molecule has 1 aliphatic carbocycles.